The van der Waals surface area contributed by atoms with Gasteiger partial charge in [0.15, 0.2) is 11.5 Å². The zero-order valence-corrected chi connectivity index (χ0v) is 17.2. The zero-order valence-electron chi connectivity index (χ0n) is 16.4. The third kappa shape index (κ3) is 6.15. The van der Waals surface area contributed by atoms with Crippen LogP contribution in [-0.2, 0) is 17.8 Å². The topological polar surface area (TPSA) is 73.3 Å². The molecule has 0 aliphatic rings. The number of nitrogens with one attached hydrogen (secondary N) is 1. The Morgan fingerprint density at radius 1 is 1.14 bits per heavy atom. The number of anilines is 1. The maximum absolute atomic E-state index is 12.1. The first-order valence-electron chi connectivity index (χ1n) is 9.34. The number of carbonyl (C=O) groups excluding carboxylic acids is 1. The SMILES string of the molecule is CCCc1nnc(NC(=O)/C=C/c2ccc(OCc3ccccc3)c(OC)c2)s1. The molecule has 0 spiro atoms. The van der Waals surface area contributed by atoms with Gasteiger partial charge in [-0.25, -0.2) is 0 Å². The number of carbonyl (C=O) groups is 1. The summed E-state index contributed by atoms with van der Waals surface area (Å²) >= 11 is 1.39. The predicted molar refractivity (Wildman–Crippen MR) is 115 cm³/mol. The van der Waals surface area contributed by atoms with Crippen LogP contribution in [0.1, 0.15) is 29.5 Å². The van der Waals surface area contributed by atoms with Crippen LogP contribution >= 0.6 is 11.3 Å². The molecule has 0 radical (unpaired) electrons. The third-order valence-corrected chi connectivity index (χ3v) is 4.91. The van der Waals surface area contributed by atoms with Crippen molar-refractivity contribution in [1.82, 2.24) is 10.2 Å². The lowest BCUT2D eigenvalue weighted by atomic mass is 10.2. The molecular weight excluding hydrogens is 386 g/mol. The van der Waals surface area contributed by atoms with Gasteiger partial charge in [-0.05, 0) is 35.8 Å². The largest absolute Gasteiger partial charge is 0.493 e. The molecule has 1 heterocycles. The molecule has 0 fully saturated rings. The van der Waals surface area contributed by atoms with Crippen molar-refractivity contribution in [2.24, 2.45) is 0 Å². The summed E-state index contributed by atoms with van der Waals surface area (Å²) in [4.78, 5) is 12.1. The predicted octanol–water partition coefficient (Wildman–Crippen LogP) is 4.73. The summed E-state index contributed by atoms with van der Waals surface area (Å²) < 4.78 is 11.3. The lowest BCUT2D eigenvalue weighted by Crippen LogP contribution is -2.07. The standard InChI is InChI=1S/C22H23N3O3S/c1-3-7-21-24-25-22(29-21)23-20(26)13-11-16-10-12-18(19(14-16)27-2)28-15-17-8-5-4-6-9-17/h4-6,8-14H,3,7,15H2,1-2H3,(H,23,25,26)/b13-11+. The number of benzene rings is 2. The molecule has 0 aliphatic heterocycles. The Morgan fingerprint density at radius 2 is 1.97 bits per heavy atom. The summed E-state index contributed by atoms with van der Waals surface area (Å²) in [5, 5.41) is 12.2. The number of ether oxygens (including phenoxy) is 2. The van der Waals surface area contributed by atoms with Crippen LogP contribution in [0, 0.1) is 0 Å². The van der Waals surface area contributed by atoms with Crippen LogP contribution in [0.15, 0.2) is 54.6 Å². The van der Waals surface area contributed by atoms with E-state index in [-0.39, 0.29) is 5.91 Å². The fraction of sp³-hybridized carbons (Fsp3) is 0.227. The number of methoxy groups -OCH3 is 1. The van der Waals surface area contributed by atoms with Gasteiger partial charge >= 0.3 is 0 Å². The van der Waals surface area contributed by atoms with Crippen molar-refractivity contribution < 1.29 is 14.3 Å². The minimum Gasteiger partial charge on any atom is -0.493 e. The van der Waals surface area contributed by atoms with Crippen molar-refractivity contribution in [1.29, 1.82) is 0 Å². The molecule has 2 aromatic carbocycles. The van der Waals surface area contributed by atoms with Crippen LogP contribution in [0.25, 0.3) is 6.08 Å². The molecule has 0 bridgehead atoms. The summed E-state index contributed by atoms with van der Waals surface area (Å²) in [5.74, 6) is 1.000. The molecular formula is C22H23N3O3S. The zero-order chi connectivity index (χ0) is 20.5. The van der Waals surface area contributed by atoms with Gasteiger partial charge in [-0.15, -0.1) is 10.2 Å². The Bertz CT molecular complexity index is 970. The number of rotatable bonds is 9. The second-order valence-corrected chi connectivity index (χ2v) is 7.32. The number of amides is 1. The highest BCUT2D eigenvalue weighted by molar-refractivity contribution is 7.15. The molecule has 3 aromatic rings. The summed E-state index contributed by atoms with van der Waals surface area (Å²) in [6.07, 6.45) is 5.03. The van der Waals surface area contributed by atoms with Crippen LogP contribution in [0.5, 0.6) is 11.5 Å². The lowest BCUT2D eigenvalue weighted by Gasteiger charge is -2.11. The van der Waals surface area contributed by atoms with Gasteiger partial charge in [-0.3, -0.25) is 10.1 Å². The Hall–Kier alpha value is -3.19. The molecule has 7 heteroatoms. The molecule has 0 aliphatic carbocycles. The van der Waals surface area contributed by atoms with E-state index in [4.69, 9.17) is 9.47 Å². The second kappa shape index (κ2) is 10.4. The average molecular weight is 410 g/mol. The van der Waals surface area contributed by atoms with Crippen molar-refractivity contribution in [3.05, 3.63) is 70.7 Å². The van der Waals surface area contributed by atoms with E-state index in [1.165, 1.54) is 17.4 Å². The summed E-state index contributed by atoms with van der Waals surface area (Å²) in [5.41, 5.74) is 1.90. The maximum atomic E-state index is 12.1. The Labute approximate surface area is 174 Å². The molecule has 0 unspecified atom stereocenters. The van der Waals surface area contributed by atoms with E-state index >= 15 is 0 Å². The van der Waals surface area contributed by atoms with E-state index in [0.717, 1.165) is 29.0 Å². The van der Waals surface area contributed by atoms with E-state index in [1.54, 1.807) is 13.2 Å². The van der Waals surface area contributed by atoms with Gasteiger partial charge in [0.1, 0.15) is 11.6 Å². The number of aryl methyl sites for hydroxylation is 1. The smallest absolute Gasteiger partial charge is 0.250 e. The first-order chi connectivity index (χ1) is 14.2. The van der Waals surface area contributed by atoms with E-state index < -0.39 is 0 Å². The van der Waals surface area contributed by atoms with Gasteiger partial charge < -0.3 is 9.47 Å². The summed E-state index contributed by atoms with van der Waals surface area (Å²) in [7, 11) is 1.59. The fourth-order valence-corrected chi connectivity index (χ4v) is 3.42. The Kier molecular flexibility index (Phi) is 7.35. The van der Waals surface area contributed by atoms with Crippen molar-refractivity contribution >= 4 is 28.5 Å². The monoisotopic (exact) mass is 409 g/mol. The van der Waals surface area contributed by atoms with E-state index in [0.29, 0.717) is 23.2 Å². The summed E-state index contributed by atoms with van der Waals surface area (Å²) in [6.45, 7) is 2.53. The van der Waals surface area contributed by atoms with Crippen LogP contribution in [0.4, 0.5) is 5.13 Å². The molecule has 0 atom stereocenters. The molecule has 1 amide bonds. The number of aromatic nitrogens is 2. The molecule has 0 saturated heterocycles. The highest BCUT2D eigenvalue weighted by Gasteiger charge is 2.07. The van der Waals surface area contributed by atoms with Gasteiger partial charge in [0, 0.05) is 12.5 Å². The van der Waals surface area contributed by atoms with E-state index in [2.05, 4.69) is 22.4 Å². The fourth-order valence-electron chi connectivity index (χ4n) is 2.58. The van der Waals surface area contributed by atoms with E-state index in [9.17, 15) is 4.79 Å². The third-order valence-electron chi connectivity index (χ3n) is 4.01. The van der Waals surface area contributed by atoms with Crippen LogP contribution < -0.4 is 14.8 Å². The molecule has 6 nitrogen and oxygen atoms in total. The first kappa shape index (κ1) is 20.5. The minimum absolute atomic E-state index is 0.257. The summed E-state index contributed by atoms with van der Waals surface area (Å²) in [6, 6.07) is 15.5. The average Bonchev–Trinajstić information content (AvgIpc) is 3.18. The molecule has 3 rings (SSSR count). The number of hydrogen-bond acceptors (Lipinski definition) is 6. The Morgan fingerprint density at radius 3 is 2.72 bits per heavy atom. The number of nitrogens with zero attached hydrogens (tertiary/aromatic N) is 2. The molecule has 1 N–H and O–H groups in total. The van der Waals surface area contributed by atoms with Crippen molar-refractivity contribution in [2.75, 3.05) is 12.4 Å². The Balaban J connectivity index is 1.60. The highest BCUT2D eigenvalue weighted by atomic mass is 32.1. The lowest BCUT2D eigenvalue weighted by molar-refractivity contribution is -0.111. The van der Waals surface area contributed by atoms with Gasteiger partial charge in [0.05, 0.1) is 7.11 Å². The van der Waals surface area contributed by atoms with Gasteiger partial charge in [0.2, 0.25) is 11.0 Å². The molecule has 150 valence electrons. The van der Waals surface area contributed by atoms with E-state index in [1.807, 2.05) is 48.5 Å². The maximum Gasteiger partial charge on any atom is 0.250 e. The quantitative estimate of drug-likeness (QED) is 0.517. The molecule has 0 saturated carbocycles. The van der Waals surface area contributed by atoms with Crippen LogP contribution in [0.2, 0.25) is 0 Å². The van der Waals surface area contributed by atoms with Gasteiger partial charge in [-0.2, -0.15) is 0 Å². The van der Waals surface area contributed by atoms with Gasteiger partial charge in [0.25, 0.3) is 0 Å². The molecule has 1 aromatic heterocycles. The first-order valence-corrected chi connectivity index (χ1v) is 10.2. The van der Waals surface area contributed by atoms with Crippen molar-refractivity contribution in [2.45, 2.75) is 26.4 Å². The van der Waals surface area contributed by atoms with Crippen LogP contribution in [0.3, 0.4) is 0 Å². The van der Waals surface area contributed by atoms with Crippen molar-refractivity contribution in [3.63, 3.8) is 0 Å². The number of hydrogen-bond donors (Lipinski definition) is 1. The van der Waals surface area contributed by atoms with Crippen molar-refractivity contribution in [3.8, 4) is 11.5 Å². The normalized spacial score (nSPS) is 10.8. The highest BCUT2D eigenvalue weighted by Crippen LogP contribution is 2.29. The minimum atomic E-state index is -0.257. The van der Waals surface area contributed by atoms with Crippen LogP contribution in [-0.4, -0.2) is 23.2 Å². The molecule has 29 heavy (non-hydrogen) atoms. The second-order valence-electron chi connectivity index (χ2n) is 6.26. The van der Waals surface area contributed by atoms with Gasteiger partial charge in [-0.1, -0.05) is 54.7 Å².